The minimum absolute atomic E-state index is 0.0255. The number of nitrogens with one attached hydrogen (secondary N) is 1. The molecule has 2 nitrogen and oxygen atoms in total. The summed E-state index contributed by atoms with van der Waals surface area (Å²) in [7, 11) is 0. The van der Waals surface area contributed by atoms with Crippen LogP contribution in [-0.2, 0) is 10.2 Å². The summed E-state index contributed by atoms with van der Waals surface area (Å²) < 4.78 is 18.9. The molecule has 0 aromatic heterocycles. The van der Waals surface area contributed by atoms with Crippen LogP contribution in [0.15, 0.2) is 24.3 Å². The van der Waals surface area contributed by atoms with Crippen LogP contribution in [0.25, 0.3) is 0 Å². The second-order valence-corrected chi connectivity index (χ2v) is 6.55. The molecule has 0 aliphatic carbocycles. The Morgan fingerprint density at radius 1 is 1.33 bits per heavy atom. The molecule has 1 aliphatic heterocycles. The molecule has 1 fully saturated rings. The Balaban J connectivity index is 2.04. The van der Waals surface area contributed by atoms with Gasteiger partial charge in [-0.25, -0.2) is 4.39 Å². The molecule has 3 heteroatoms. The Bertz CT molecular complexity index is 423. The normalized spacial score (nSPS) is 20.7. The van der Waals surface area contributed by atoms with Crippen LogP contribution in [0, 0.1) is 5.82 Å². The number of halogens is 1. The molecule has 0 radical (unpaired) electrons. The van der Waals surface area contributed by atoms with E-state index in [1.165, 1.54) is 18.4 Å². The van der Waals surface area contributed by atoms with Crippen molar-refractivity contribution in [1.82, 2.24) is 5.32 Å². The summed E-state index contributed by atoms with van der Waals surface area (Å²) in [5, 5.41) is 3.61. The number of likely N-dealkylation sites (N-methyl/N-ethyl adjacent to an activating group) is 1. The molecule has 1 N–H and O–H groups in total. The maximum atomic E-state index is 13.1. The first-order valence-electron chi connectivity index (χ1n) is 8.15. The number of benzene rings is 1. The van der Waals surface area contributed by atoms with Crippen molar-refractivity contribution in [3.8, 4) is 0 Å². The predicted molar refractivity (Wildman–Crippen MR) is 85.1 cm³/mol. The highest BCUT2D eigenvalue weighted by Gasteiger charge is 2.31. The minimum atomic E-state index is -0.172. The molecule has 21 heavy (non-hydrogen) atoms. The van der Waals surface area contributed by atoms with E-state index in [4.69, 9.17) is 4.74 Å². The van der Waals surface area contributed by atoms with Gasteiger partial charge in [0.1, 0.15) is 5.82 Å². The Morgan fingerprint density at radius 2 is 2.05 bits per heavy atom. The van der Waals surface area contributed by atoms with Crippen LogP contribution in [0.1, 0.15) is 52.0 Å². The fourth-order valence-electron chi connectivity index (χ4n) is 3.27. The van der Waals surface area contributed by atoms with E-state index in [0.717, 1.165) is 26.0 Å². The average Bonchev–Trinajstić information content (AvgIpc) is 2.97. The number of ether oxygens (including phenoxy) is 1. The molecule has 1 aliphatic rings. The smallest absolute Gasteiger partial charge is 0.123 e. The topological polar surface area (TPSA) is 21.3 Å². The van der Waals surface area contributed by atoms with E-state index >= 15 is 0 Å². The molecule has 0 saturated carbocycles. The quantitative estimate of drug-likeness (QED) is 0.819. The van der Waals surface area contributed by atoms with E-state index in [9.17, 15) is 4.39 Å². The van der Waals surface area contributed by atoms with Crippen LogP contribution < -0.4 is 5.32 Å². The van der Waals surface area contributed by atoms with E-state index in [2.05, 4.69) is 26.1 Å². The molecule has 1 saturated heterocycles. The van der Waals surface area contributed by atoms with Gasteiger partial charge in [-0.3, -0.25) is 0 Å². The molecular weight excluding hydrogens is 265 g/mol. The van der Waals surface area contributed by atoms with Gasteiger partial charge in [-0.15, -0.1) is 0 Å². The van der Waals surface area contributed by atoms with Crippen LogP contribution in [0.3, 0.4) is 0 Å². The monoisotopic (exact) mass is 293 g/mol. The highest BCUT2D eigenvalue weighted by Crippen LogP contribution is 2.31. The molecule has 0 bridgehead atoms. The third-order valence-electron chi connectivity index (χ3n) is 4.71. The first-order chi connectivity index (χ1) is 10.0. The zero-order valence-corrected chi connectivity index (χ0v) is 13.5. The van der Waals surface area contributed by atoms with E-state index < -0.39 is 0 Å². The standard InChI is InChI=1S/C18H28FNO/c1-4-20-17(12-11-16-6-5-13-21-16)18(2,3)14-7-9-15(19)10-8-14/h7-10,16-17,20H,4-6,11-13H2,1-3H3. The van der Waals surface area contributed by atoms with E-state index in [1.807, 2.05) is 12.1 Å². The summed E-state index contributed by atoms with van der Waals surface area (Å²) in [5.41, 5.74) is 1.16. The molecule has 118 valence electrons. The lowest BCUT2D eigenvalue weighted by molar-refractivity contribution is 0.0967. The van der Waals surface area contributed by atoms with Crippen molar-refractivity contribution in [1.29, 1.82) is 0 Å². The van der Waals surface area contributed by atoms with Gasteiger partial charge >= 0.3 is 0 Å². The van der Waals surface area contributed by atoms with Crippen molar-refractivity contribution >= 4 is 0 Å². The van der Waals surface area contributed by atoms with Crippen LogP contribution in [0.4, 0.5) is 4.39 Å². The first-order valence-corrected chi connectivity index (χ1v) is 8.15. The van der Waals surface area contributed by atoms with Crippen molar-refractivity contribution in [3.63, 3.8) is 0 Å². The maximum Gasteiger partial charge on any atom is 0.123 e. The van der Waals surface area contributed by atoms with Crippen molar-refractivity contribution in [3.05, 3.63) is 35.6 Å². The van der Waals surface area contributed by atoms with Crippen molar-refractivity contribution in [2.75, 3.05) is 13.2 Å². The number of rotatable bonds is 7. The molecule has 1 aromatic rings. The van der Waals surface area contributed by atoms with Gasteiger partial charge in [0.25, 0.3) is 0 Å². The number of hydrogen-bond acceptors (Lipinski definition) is 2. The average molecular weight is 293 g/mol. The van der Waals surface area contributed by atoms with Crippen LogP contribution in [-0.4, -0.2) is 25.3 Å². The third-order valence-corrected chi connectivity index (χ3v) is 4.71. The number of hydrogen-bond donors (Lipinski definition) is 1. The Hall–Kier alpha value is -0.930. The van der Waals surface area contributed by atoms with Crippen molar-refractivity contribution in [2.45, 2.75) is 64.0 Å². The predicted octanol–water partition coefficient (Wildman–Crippen LogP) is 4.04. The first kappa shape index (κ1) is 16.4. The zero-order valence-electron chi connectivity index (χ0n) is 13.5. The maximum absolute atomic E-state index is 13.1. The SMILES string of the molecule is CCNC(CCC1CCCO1)C(C)(C)c1ccc(F)cc1. The van der Waals surface area contributed by atoms with E-state index in [0.29, 0.717) is 12.1 Å². The molecule has 2 atom stereocenters. The molecule has 2 unspecified atom stereocenters. The van der Waals surface area contributed by atoms with E-state index in [1.54, 1.807) is 12.1 Å². The van der Waals surface area contributed by atoms with Gasteiger partial charge in [-0.05, 0) is 49.9 Å². The second kappa shape index (κ2) is 7.37. The van der Waals surface area contributed by atoms with Gasteiger partial charge in [0.15, 0.2) is 0 Å². The van der Waals surface area contributed by atoms with Crippen LogP contribution in [0.5, 0.6) is 0 Å². The van der Waals surface area contributed by atoms with Gasteiger partial charge in [0.05, 0.1) is 6.10 Å². The summed E-state index contributed by atoms with van der Waals surface area (Å²) in [6, 6.07) is 7.30. The van der Waals surface area contributed by atoms with E-state index in [-0.39, 0.29) is 11.2 Å². The minimum Gasteiger partial charge on any atom is -0.378 e. The third kappa shape index (κ3) is 4.27. The van der Waals surface area contributed by atoms with Crippen LogP contribution in [0.2, 0.25) is 0 Å². The summed E-state index contributed by atoms with van der Waals surface area (Å²) in [6.07, 6.45) is 4.99. The molecule has 0 amide bonds. The van der Waals surface area contributed by atoms with Crippen LogP contribution >= 0.6 is 0 Å². The molecule has 0 spiro atoms. The highest BCUT2D eigenvalue weighted by atomic mass is 19.1. The lowest BCUT2D eigenvalue weighted by atomic mass is 9.75. The molecule has 2 rings (SSSR count). The summed E-state index contributed by atoms with van der Waals surface area (Å²) in [5.74, 6) is -0.172. The Kier molecular flexibility index (Phi) is 5.77. The van der Waals surface area contributed by atoms with Gasteiger partial charge in [-0.2, -0.15) is 0 Å². The highest BCUT2D eigenvalue weighted by molar-refractivity contribution is 5.26. The lowest BCUT2D eigenvalue weighted by Gasteiger charge is -2.36. The lowest BCUT2D eigenvalue weighted by Crippen LogP contribution is -2.45. The summed E-state index contributed by atoms with van der Waals surface area (Å²) in [6.45, 7) is 8.48. The second-order valence-electron chi connectivity index (χ2n) is 6.55. The molecular formula is C18H28FNO. The van der Waals surface area contributed by atoms with Gasteiger partial charge < -0.3 is 10.1 Å². The Morgan fingerprint density at radius 3 is 2.62 bits per heavy atom. The zero-order chi connectivity index (χ0) is 15.3. The largest absolute Gasteiger partial charge is 0.378 e. The molecule has 1 heterocycles. The Labute approximate surface area is 128 Å². The summed E-state index contributed by atoms with van der Waals surface area (Å²) >= 11 is 0. The van der Waals surface area contributed by atoms with Gasteiger partial charge in [0.2, 0.25) is 0 Å². The molecule has 1 aromatic carbocycles. The summed E-state index contributed by atoms with van der Waals surface area (Å²) in [4.78, 5) is 0. The van der Waals surface area contributed by atoms with Crippen molar-refractivity contribution < 1.29 is 9.13 Å². The fraction of sp³-hybridized carbons (Fsp3) is 0.667. The fourth-order valence-corrected chi connectivity index (χ4v) is 3.27. The van der Waals surface area contributed by atoms with Gasteiger partial charge in [-0.1, -0.05) is 32.9 Å². The van der Waals surface area contributed by atoms with Gasteiger partial charge in [0, 0.05) is 18.1 Å². The van der Waals surface area contributed by atoms with Crippen molar-refractivity contribution in [2.24, 2.45) is 0 Å².